The first-order valence-corrected chi connectivity index (χ1v) is 9.30. The van der Waals surface area contributed by atoms with Crippen LogP contribution in [0.25, 0.3) is 0 Å². The van der Waals surface area contributed by atoms with Crippen LogP contribution in [-0.2, 0) is 9.59 Å². The minimum absolute atomic E-state index is 0.0458. The van der Waals surface area contributed by atoms with E-state index in [9.17, 15) is 9.59 Å². The molecular formula is C19H28N4O4. The predicted octanol–water partition coefficient (Wildman–Crippen LogP) is 0.931. The lowest BCUT2D eigenvalue weighted by atomic mass is 10.0. The van der Waals surface area contributed by atoms with Crippen molar-refractivity contribution < 1.29 is 19.1 Å². The number of carbonyl (C=O) groups excluding carboxylic acids is 2. The minimum Gasteiger partial charge on any atom is -0.493 e. The van der Waals surface area contributed by atoms with Gasteiger partial charge in [-0.05, 0) is 38.3 Å². The van der Waals surface area contributed by atoms with E-state index in [1.54, 1.807) is 14.2 Å². The van der Waals surface area contributed by atoms with E-state index in [4.69, 9.17) is 9.47 Å². The second kappa shape index (κ2) is 8.58. The van der Waals surface area contributed by atoms with Crippen molar-refractivity contribution in [3.8, 4) is 11.5 Å². The zero-order valence-corrected chi connectivity index (χ0v) is 16.1. The molecule has 3 N–H and O–H groups in total. The van der Waals surface area contributed by atoms with E-state index in [1.807, 2.05) is 23.1 Å². The summed E-state index contributed by atoms with van der Waals surface area (Å²) in [6.07, 6.45) is 2.43. The monoisotopic (exact) mass is 376 g/mol. The molecule has 1 aromatic carbocycles. The second-order valence-corrected chi connectivity index (χ2v) is 7.08. The average molecular weight is 376 g/mol. The van der Waals surface area contributed by atoms with Gasteiger partial charge in [0.25, 0.3) is 0 Å². The number of piperidine rings is 1. The summed E-state index contributed by atoms with van der Waals surface area (Å²) in [6, 6.07) is 5.24. The van der Waals surface area contributed by atoms with Crippen LogP contribution in [0.2, 0.25) is 0 Å². The number of amides is 1. The smallest absolute Gasteiger partial charge is 0.241 e. The highest BCUT2D eigenvalue weighted by atomic mass is 16.5. The first-order chi connectivity index (χ1) is 13.0. The van der Waals surface area contributed by atoms with Gasteiger partial charge in [-0.15, -0.1) is 0 Å². The van der Waals surface area contributed by atoms with Crippen molar-refractivity contribution in [2.75, 3.05) is 32.6 Å². The van der Waals surface area contributed by atoms with Gasteiger partial charge in [-0.1, -0.05) is 0 Å². The van der Waals surface area contributed by atoms with Gasteiger partial charge >= 0.3 is 0 Å². The molecule has 0 bridgehead atoms. The van der Waals surface area contributed by atoms with Crippen LogP contribution in [0.5, 0.6) is 11.5 Å². The van der Waals surface area contributed by atoms with Gasteiger partial charge in [-0.25, -0.2) is 10.9 Å². The van der Waals surface area contributed by atoms with Gasteiger partial charge in [0.2, 0.25) is 5.91 Å². The lowest BCUT2D eigenvalue weighted by molar-refractivity contribution is -0.134. The summed E-state index contributed by atoms with van der Waals surface area (Å²) < 4.78 is 10.6. The maximum atomic E-state index is 12.8. The van der Waals surface area contributed by atoms with Crippen LogP contribution < -0.4 is 25.6 Å². The fourth-order valence-electron chi connectivity index (χ4n) is 3.66. The molecule has 0 radical (unpaired) electrons. The highest BCUT2D eigenvalue weighted by molar-refractivity contribution is 5.86. The molecule has 1 aromatic rings. The number of nitrogens with zero attached hydrogens (tertiary/aromatic N) is 1. The average Bonchev–Trinajstić information content (AvgIpc) is 3.18. The molecule has 8 heteroatoms. The van der Waals surface area contributed by atoms with E-state index in [2.05, 4.69) is 16.2 Å². The van der Waals surface area contributed by atoms with Gasteiger partial charge < -0.3 is 19.7 Å². The molecule has 3 unspecified atom stereocenters. The Labute approximate surface area is 159 Å². The van der Waals surface area contributed by atoms with Gasteiger partial charge in [0.05, 0.1) is 20.3 Å². The van der Waals surface area contributed by atoms with Crippen LogP contribution in [0.3, 0.4) is 0 Å². The number of nitrogens with one attached hydrogen (secondary N) is 3. The Bertz CT molecular complexity index is 696. The van der Waals surface area contributed by atoms with Crippen LogP contribution >= 0.6 is 0 Å². The molecule has 148 valence electrons. The minimum atomic E-state index is -0.348. The highest BCUT2D eigenvalue weighted by Crippen LogP contribution is 2.30. The molecule has 2 heterocycles. The Morgan fingerprint density at radius 3 is 2.56 bits per heavy atom. The molecule has 0 aliphatic carbocycles. The lowest BCUT2D eigenvalue weighted by Crippen LogP contribution is -2.51. The van der Waals surface area contributed by atoms with Gasteiger partial charge in [0, 0.05) is 30.9 Å². The maximum Gasteiger partial charge on any atom is 0.241 e. The lowest BCUT2D eigenvalue weighted by Gasteiger charge is -2.35. The van der Waals surface area contributed by atoms with Gasteiger partial charge in [0.1, 0.15) is 11.8 Å². The van der Waals surface area contributed by atoms with Crippen LogP contribution in [0, 0.1) is 0 Å². The summed E-state index contributed by atoms with van der Waals surface area (Å²) in [5.41, 5.74) is 6.81. The molecule has 2 aliphatic heterocycles. The van der Waals surface area contributed by atoms with E-state index in [-0.39, 0.29) is 29.8 Å². The number of hydrogen-bond donors (Lipinski definition) is 3. The van der Waals surface area contributed by atoms with Crippen molar-refractivity contribution >= 4 is 17.4 Å². The van der Waals surface area contributed by atoms with Crippen LogP contribution in [0.15, 0.2) is 18.2 Å². The predicted molar refractivity (Wildman–Crippen MR) is 102 cm³/mol. The molecular weight excluding hydrogens is 348 g/mol. The first-order valence-electron chi connectivity index (χ1n) is 9.30. The Balaban J connectivity index is 1.59. The number of anilines is 1. The van der Waals surface area contributed by atoms with Crippen molar-refractivity contribution in [2.24, 2.45) is 0 Å². The molecule has 2 aliphatic rings. The Hall–Kier alpha value is -2.32. The molecule has 3 rings (SSSR count). The Morgan fingerprint density at radius 1 is 1.15 bits per heavy atom. The second-order valence-electron chi connectivity index (χ2n) is 7.08. The normalized spacial score (nSPS) is 25.1. The van der Waals surface area contributed by atoms with Crippen LogP contribution in [-0.4, -0.2) is 62.0 Å². The van der Waals surface area contributed by atoms with Crippen molar-refractivity contribution in [3.05, 3.63) is 18.2 Å². The Kier molecular flexibility index (Phi) is 6.18. The number of likely N-dealkylation sites (tertiary alicyclic amines) is 1. The number of rotatable bonds is 6. The van der Waals surface area contributed by atoms with Crippen molar-refractivity contribution in [1.82, 2.24) is 15.8 Å². The number of ketones is 1. The van der Waals surface area contributed by atoms with Crippen molar-refractivity contribution in [3.63, 3.8) is 0 Å². The number of hydrogen-bond acceptors (Lipinski definition) is 7. The molecule has 27 heavy (non-hydrogen) atoms. The first kappa shape index (κ1) is 19.4. The van der Waals surface area contributed by atoms with E-state index in [1.165, 1.54) is 6.92 Å². The summed E-state index contributed by atoms with van der Waals surface area (Å²) in [4.78, 5) is 26.2. The van der Waals surface area contributed by atoms with Crippen LogP contribution in [0.4, 0.5) is 5.69 Å². The molecule has 2 fully saturated rings. The number of ether oxygens (including phenoxy) is 2. The van der Waals surface area contributed by atoms with Gasteiger partial charge in [-0.2, -0.15) is 0 Å². The summed E-state index contributed by atoms with van der Waals surface area (Å²) in [7, 11) is 3.22. The summed E-state index contributed by atoms with van der Waals surface area (Å²) in [5.74, 6) is 1.44. The zero-order chi connectivity index (χ0) is 19.4. The molecule has 0 spiro atoms. The highest BCUT2D eigenvalue weighted by Gasteiger charge is 2.35. The molecule has 1 amide bonds. The topological polar surface area (TPSA) is 91.9 Å². The third-order valence-electron chi connectivity index (χ3n) is 5.18. The molecule has 2 saturated heterocycles. The summed E-state index contributed by atoms with van der Waals surface area (Å²) >= 11 is 0. The van der Waals surface area contributed by atoms with Crippen LogP contribution in [0.1, 0.15) is 26.2 Å². The van der Waals surface area contributed by atoms with Gasteiger partial charge in [-0.3, -0.25) is 9.59 Å². The molecule has 8 nitrogen and oxygen atoms in total. The fraction of sp³-hybridized carbons (Fsp3) is 0.579. The largest absolute Gasteiger partial charge is 0.493 e. The quantitative estimate of drug-likeness (QED) is 0.680. The van der Waals surface area contributed by atoms with E-state index < -0.39 is 0 Å². The third kappa shape index (κ3) is 4.51. The number of hydrazine groups is 1. The number of carbonyl (C=O) groups is 2. The molecule has 0 aromatic heterocycles. The van der Waals surface area contributed by atoms with E-state index in [0.717, 1.165) is 25.1 Å². The van der Waals surface area contributed by atoms with Crippen molar-refractivity contribution in [2.45, 2.75) is 44.3 Å². The van der Waals surface area contributed by atoms with Crippen molar-refractivity contribution in [1.29, 1.82) is 0 Å². The molecule has 0 saturated carbocycles. The third-order valence-corrected chi connectivity index (χ3v) is 5.18. The van der Waals surface area contributed by atoms with Gasteiger partial charge in [0.15, 0.2) is 11.5 Å². The molecule has 3 atom stereocenters. The standard InChI is InChI=1S/C19H28N4O4/c1-12(24)15-10-16(22-21-15)19(25)23-8-4-5-14(11-23)20-13-6-7-17(26-2)18(9-13)27-3/h6-7,9,14-16,20-22H,4-5,8,10-11H2,1-3H3. The SMILES string of the molecule is COc1ccc(NC2CCCN(C(=O)C3CC(C(C)=O)NN3)C2)cc1OC. The summed E-state index contributed by atoms with van der Waals surface area (Å²) in [6.45, 7) is 2.91. The number of Topliss-reactive ketones (excluding diaryl/α,β-unsaturated/α-hetero) is 1. The summed E-state index contributed by atoms with van der Waals surface area (Å²) in [5, 5.41) is 3.49. The van der Waals surface area contributed by atoms with E-state index >= 15 is 0 Å². The number of methoxy groups -OCH3 is 2. The fourth-order valence-corrected chi connectivity index (χ4v) is 3.66. The number of benzene rings is 1. The zero-order valence-electron chi connectivity index (χ0n) is 16.1. The Morgan fingerprint density at radius 2 is 1.89 bits per heavy atom. The maximum absolute atomic E-state index is 12.8. The van der Waals surface area contributed by atoms with E-state index in [0.29, 0.717) is 24.5 Å².